The van der Waals surface area contributed by atoms with Crippen molar-refractivity contribution in [1.29, 1.82) is 0 Å². The fourth-order valence-electron chi connectivity index (χ4n) is 3.02. The number of rotatable bonds is 4. The fraction of sp³-hybridized carbons (Fsp3) is 0.353. The number of hydrogen-bond acceptors (Lipinski definition) is 6. The summed E-state index contributed by atoms with van der Waals surface area (Å²) < 4.78 is 13.9. The van der Waals surface area contributed by atoms with E-state index in [1.807, 2.05) is 22.8 Å². The Morgan fingerprint density at radius 2 is 2.23 bits per heavy atom. The molecular weight excluding hydrogens is 422 g/mol. The first-order valence-corrected chi connectivity index (χ1v) is 9.45. The summed E-state index contributed by atoms with van der Waals surface area (Å²) in [6.45, 7) is 0.741. The molecule has 0 aliphatic carbocycles. The largest absolute Gasteiger partial charge is 0.495 e. The Balaban J connectivity index is 1.75. The lowest BCUT2D eigenvalue weighted by molar-refractivity contribution is -0.0298. The van der Waals surface area contributed by atoms with E-state index in [1.54, 1.807) is 13.4 Å². The normalized spacial score (nSPS) is 17.4. The van der Waals surface area contributed by atoms with Crippen molar-refractivity contribution in [1.82, 2.24) is 19.5 Å². The molecule has 0 saturated carbocycles. The highest BCUT2D eigenvalue weighted by molar-refractivity contribution is 9.10. The van der Waals surface area contributed by atoms with E-state index in [4.69, 9.17) is 21.1 Å². The van der Waals surface area contributed by atoms with Crippen LogP contribution in [0.2, 0.25) is 5.28 Å². The van der Waals surface area contributed by atoms with Gasteiger partial charge in [0.1, 0.15) is 12.0 Å². The number of fused-ring (bicyclic) bond motifs is 1. The number of nitrogens with zero attached hydrogens (tertiary/aromatic N) is 4. The van der Waals surface area contributed by atoms with Crippen LogP contribution in [0.5, 0.6) is 5.75 Å². The summed E-state index contributed by atoms with van der Waals surface area (Å²) in [6, 6.07) is 5.67. The zero-order valence-corrected chi connectivity index (χ0v) is 16.4. The van der Waals surface area contributed by atoms with Crippen LogP contribution in [0.15, 0.2) is 29.0 Å². The minimum Gasteiger partial charge on any atom is -0.495 e. The molecule has 3 aromatic rings. The van der Waals surface area contributed by atoms with Crippen LogP contribution in [0, 0.1) is 0 Å². The Kier molecular flexibility index (Phi) is 4.97. The zero-order valence-electron chi connectivity index (χ0n) is 14.1. The van der Waals surface area contributed by atoms with Crippen molar-refractivity contribution < 1.29 is 9.47 Å². The highest BCUT2D eigenvalue weighted by Crippen LogP contribution is 2.35. The van der Waals surface area contributed by atoms with Gasteiger partial charge in [-0.1, -0.05) is 6.07 Å². The van der Waals surface area contributed by atoms with Crippen molar-refractivity contribution in [3.63, 3.8) is 0 Å². The van der Waals surface area contributed by atoms with Gasteiger partial charge in [0.2, 0.25) is 5.28 Å². The summed E-state index contributed by atoms with van der Waals surface area (Å²) in [5, 5.41) is 3.42. The molecule has 9 heteroatoms. The summed E-state index contributed by atoms with van der Waals surface area (Å²) >= 11 is 9.72. The van der Waals surface area contributed by atoms with Crippen LogP contribution in [-0.4, -0.2) is 33.2 Å². The molecule has 4 rings (SSSR count). The number of nitrogens with one attached hydrogen (secondary N) is 1. The lowest BCUT2D eigenvalue weighted by Gasteiger charge is -2.23. The monoisotopic (exact) mass is 437 g/mol. The third-order valence-corrected chi connectivity index (χ3v) is 5.28. The van der Waals surface area contributed by atoms with Crippen molar-refractivity contribution >= 4 is 50.2 Å². The number of aromatic nitrogens is 4. The molecule has 1 unspecified atom stereocenters. The third kappa shape index (κ3) is 3.24. The number of methoxy groups -OCH3 is 1. The van der Waals surface area contributed by atoms with Gasteiger partial charge in [0.05, 0.1) is 23.6 Å². The van der Waals surface area contributed by atoms with Crippen LogP contribution in [0.3, 0.4) is 0 Å². The SMILES string of the molecule is COc1cccc(Nc2nc(Cl)nc3c2ncn3C2CCCCO2)c1Br. The Morgan fingerprint density at radius 1 is 1.35 bits per heavy atom. The molecule has 1 atom stereocenters. The summed E-state index contributed by atoms with van der Waals surface area (Å²) in [7, 11) is 1.62. The van der Waals surface area contributed by atoms with E-state index in [9.17, 15) is 0 Å². The fourth-order valence-corrected chi connectivity index (χ4v) is 3.71. The predicted octanol–water partition coefficient (Wildman–Crippen LogP) is 4.69. The van der Waals surface area contributed by atoms with E-state index >= 15 is 0 Å². The quantitative estimate of drug-likeness (QED) is 0.596. The maximum absolute atomic E-state index is 6.18. The summed E-state index contributed by atoms with van der Waals surface area (Å²) in [6.07, 6.45) is 4.78. The van der Waals surface area contributed by atoms with Crippen LogP contribution < -0.4 is 10.1 Å². The first kappa shape index (κ1) is 17.5. The van der Waals surface area contributed by atoms with Gasteiger partial charge >= 0.3 is 0 Å². The Morgan fingerprint density at radius 3 is 3.00 bits per heavy atom. The second-order valence-electron chi connectivity index (χ2n) is 5.93. The molecular formula is C17H17BrClN5O2. The van der Waals surface area contributed by atoms with Crippen LogP contribution >= 0.6 is 27.5 Å². The van der Waals surface area contributed by atoms with E-state index in [0.717, 1.165) is 36.0 Å². The molecule has 26 heavy (non-hydrogen) atoms. The topological polar surface area (TPSA) is 74.1 Å². The number of anilines is 2. The van der Waals surface area contributed by atoms with Crippen molar-refractivity contribution in [2.75, 3.05) is 19.0 Å². The van der Waals surface area contributed by atoms with Crippen LogP contribution in [0.4, 0.5) is 11.5 Å². The Hall–Kier alpha value is -1.90. The number of halogens is 2. The van der Waals surface area contributed by atoms with Gasteiger partial charge in [-0.15, -0.1) is 0 Å². The van der Waals surface area contributed by atoms with Gasteiger partial charge in [-0.3, -0.25) is 4.57 Å². The molecule has 0 radical (unpaired) electrons. The Labute approximate surface area is 163 Å². The van der Waals surface area contributed by atoms with E-state index < -0.39 is 0 Å². The van der Waals surface area contributed by atoms with Gasteiger partial charge in [-0.25, -0.2) is 4.98 Å². The van der Waals surface area contributed by atoms with Crippen molar-refractivity contribution in [3.05, 3.63) is 34.3 Å². The minimum atomic E-state index is -0.0730. The van der Waals surface area contributed by atoms with E-state index in [-0.39, 0.29) is 11.5 Å². The van der Waals surface area contributed by atoms with Gasteiger partial charge in [0, 0.05) is 6.61 Å². The first-order chi connectivity index (χ1) is 12.7. The second kappa shape index (κ2) is 7.38. The zero-order chi connectivity index (χ0) is 18.1. The molecule has 136 valence electrons. The summed E-state index contributed by atoms with van der Waals surface area (Å²) in [5.74, 6) is 1.25. The van der Waals surface area contributed by atoms with Crippen molar-refractivity contribution in [3.8, 4) is 5.75 Å². The van der Waals surface area contributed by atoms with Gasteiger partial charge < -0.3 is 14.8 Å². The van der Waals surface area contributed by atoms with Crippen molar-refractivity contribution in [2.24, 2.45) is 0 Å². The Bertz CT molecular complexity index is 942. The average Bonchev–Trinajstić information content (AvgIpc) is 3.08. The van der Waals surface area contributed by atoms with Gasteiger partial charge in [0.15, 0.2) is 17.0 Å². The summed E-state index contributed by atoms with van der Waals surface area (Å²) in [5.41, 5.74) is 2.08. The average molecular weight is 439 g/mol. The number of benzene rings is 1. The molecule has 1 aliphatic rings. The maximum atomic E-state index is 6.18. The highest BCUT2D eigenvalue weighted by Gasteiger charge is 2.21. The number of imidazole rings is 1. The number of hydrogen-bond donors (Lipinski definition) is 1. The molecule has 7 nitrogen and oxygen atoms in total. The third-order valence-electron chi connectivity index (χ3n) is 4.30. The molecule has 1 aliphatic heterocycles. The molecule has 1 aromatic carbocycles. The second-order valence-corrected chi connectivity index (χ2v) is 7.06. The smallest absolute Gasteiger partial charge is 0.226 e. The minimum absolute atomic E-state index is 0.0730. The molecule has 2 aromatic heterocycles. The number of ether oxygens (including phenoxy) is 2. The lowest BCUT2D eigenvalue weighted by Crippen LogP contribution is -2.17. The first-order valence-electron chi connectivity index (χ1n) is 8.28. The molecule has 0 spiro atoms. The predicted molar refractivity (Wildman–Crippen MR) is 103 cm³/mol. The molecule has 1 saturated heterocycles. The van der Waals surface area contributed by atoms with E-state index in [2.05, 4.69) is 36.2 Å². The van der Waals surface area contributed by atoms with Crippen LogP contribution in [0.25, 0.3) is 11.2 Å². The van der Waals surface area contributed by atoms with Gasteiger partial charge in [-0.2, -0.15) is 9.97 Å². The highest BCUT2D eigenvalue weighted by atomic mass is 79.9. The van der Waals surface area contributed by atoms with Crippen LogP contribution in [-0.2, 0) is 4.74 Å². The molecule has 1 fully saturated rings. The molecule has 1 N–H and O–H groups in total. The molecule has 3 heterocycles. The molecule has 0 bridgehead atoms. The van der Waals surface area contributed by atoms with Gasteiger partial charge in [0.25, 0.3) is 0 Å². The van der Waals surface area contributed by atoms with Crippen molar-refractivity contribution in [2.45, 2.75) is 25.5 Å². The van der Waals surface area contributed by atoms with E-state index in [1.165, 1.54) is 0 Å². The van der Waals surface area contributed by atoms with E-state index in [0.29, 0.717) is 22.7 Å². The molecule has 0 amide bonds. The maximum Gasteiger partial charge on any atom is 0.226 e. The van der Waals surface area contributed by atoms with Gasteiger partial charge in [-0.05, 0) is 58.9 Å². The standard InChI is InChI=1S/C17H17BrClN5O2/c1-25-11-6-4-5-10(13(11)18)21-15-14-16(23-17(19)22-15)24(9-20-14)12-7-2-3-8-26-12/h4-6,9,12H,2-3,7-8H2,1H3,(H,21,22,23). The van der Waals surface area contributed by atoms with Crippen LogP contribution in [0.1, 0.15) is 25.5 Å². The summed E-state index contributed by atoms with van der Waals surface area (Å²) in [4.78, 5) is 13.2. The lowest BCUT2D eigenvalue weighted by atomic mass is 10.2.